The SMILES string of the molecule is COCCNC(=O)[C@]1(C)Oc2ccccc2NC1=O. The van der Waals surface area contributed by atoms with Crippen molar-refractivity contribution in [3.8, 4) is 5.75 Å². The van der Waals surface area contributed by atoms with E-state index in [-0.39, 0.29) is 0 Å². The molecule has 2 amide bonds. The summed E-state index contributed by atoms with van der Waals surface area (Å²) in [6.45, 7) is 2.14. The Labute approximate surface area is 111 Å². The van der Waals surface area contributed by atoms with Crippen LogP contribution in [0.1, 0.15) is 6.92 Å². The van der Waals surface area contributed by atoms with Crippen molar-refractivity contribution in [3.05, 3.63) is 24.3 Å². The molecule has 0 spiro atoms. The summed E-state index contributed by atoms with van der Waals surface area (Å²) in [7, 11) is 1.54. The zero-order chi connectivity index (χ0) is 13.9. The maximum absolute atomic E-state index is 12.1. The number of rotatable bonds is 4. The topological polar surface area (TPSA) is 76.7 Å². The minimum Gasteiger partial charge on any atom is -0.466 e. The van der Waals surface area contributed by atoms with Crippen molar-refractivity contribution < 1.29 is 19.1 Å². The molecule has 0 saturated heterocycles. The van der Waals surface area contributed by atoms with Crippen LogP contribution < -0.4 is 15.4 Å². The van der Waals surface area contributed by atoms with Crippen molar-refractivity contribution in [1.82, 2.24) is 5.32 Å². The van der Waals surface area contributed by atoms with Crippen LogP contribution in [0.3, 0.4) is 0 Å². The van der Waals surface area contributed by atoms with Gasteiger partial charge in [0.25, 0.3) is 17.4 Å². The van der Waals surface area contributed by atoms with Crippen molar-refractivity contribution in [3.63, 3.8) is 0 Å². The number of hydrogen-bond acceptors (Lipinski definition) is 4. The highest BCUT2D eigenvalue weighted by molar-refractivity contribution is 6.15. The van der Waals surface area contributed by atoms with Crippen molar-refractivity contribution in [2.75, 3.05) is 25.6 Å². The number of carbonyl (C=O) groups is 2. The monoisotopic (exact) mass is 264 g/mol. The van der Waals surface area contributed by atoms with Crippen LogP contribution in [0.2, 0.25) is 0 Å². The molecule has 1 aliphatic heterocycles. The van der Waals surface area contributed by atoms with Gasteiger partial charge in [0, 0.05) is 13.7 Å². The van der Waals surface area contributed by atoms with Gasteiger partial charge < -0.3 is 20.1 Å². The molecule has 0 fully saturated rings. The number of carbonyl (C=O) groups excluding carboxylic acids is 2. The summed E-state index contributed by atoms with van der Waals surface area (Å²) >= 11 is 0. The van der Waals surface area contributed by atoms with Crippen LogP contribution in [0, 0.1) is 0 Å². The van der Waals surface area contributed by atoms with Gasteiger partial charge >= 0.3 is 0 Å². The summed E-state index contributed by atoms with van der Waals surface area (Å²) < 4.78 is 10.4. The van der Waals surface area contributed by atoms with Crippen LogP contribution >= 0.6 is 0 Å². The molecule has 0 unspecified atom stereocenters. The maximum Gasteiger partial charge on any atom is 0.278 e. The highest BCUT2D eigenvalue weighted by Crippen LogP contribution is 2.33. The Morgan fingerprint density at radius 2 is 2.21 bits per heavy atom. The molecular weight excluding hydrogens is 248 g/mol. The summed E-state index contributed by atoms with van der Waals surface area (Å²) in [5.41, 5.74) is -1.00. The zero-order valence-electron chi connectivity index (χ0n) is 10.9. The molecule has 0 saturated carbocycles. The quantitative estimate of drug-likeness (QED) is 0.614. The third-order valence-corrected chi connectivity index (χ3v) is 2.91. The molecule has 0 bridgehead atoms. The van der Waals surface area contributed by atoms with Gasteiger partial charge in [-0.3, -0.25) is 9.59 Å². The molecule has 2 N–H and O–H groups in total. The number of fused-ring (bicyclic) bond motifs is 1. The van der Waals surface area contributed by atoms with Crippen LogP contribution in [0.25, 0.3) is 0 Å². The average Bonchev–Trinajstić information content (AvgIpc) is 2.40. The number of para-hydroxylation sites is 2. The number of hydrogen-bond donors (Lipinski definition) is 2. The molecule has 1 aromatic carbocycles. The van der Waals surface area contributed by atoms with Gasteiger partial charge in [-0.2, -0.15) is 0 Å². The molecule has 1 aliphatic rings. The summed E-state index contributed by atoms with van der Waals surface area (Å²) in [6.07, 6.45) is 0. The van der Waals surface area contributed by atoms with E-state index in [0.717, 1.165) is 0 Å². The Morgan fingerprint density at radius 1 is 1.47 bits per heavy atom. The number of benzene rings is 1. The minimum absolute atomic E-state index is 0.323. The van der Waals surface area contributed by atoms with Crippen LogP contribution in [0.5, 0.6) is 5.75 Å². The van der Waals surface area contributed by atoms with Crippen molar-refractivity contribution >= 4 is 17.5 Å². The Kier molecular flexibility index (Phi) is 3.71. The number of methoxy groups -OCH3 is 1. The number of ether oxygens (including phenoxy) is 2. The lowest BCUT2D eigenvalue weighted by Crippen LogP contribution is -2.59. The van der Waals surface area contributed by atoms with E-state index in [1.807, 2.05) is 0 Å². The van der Waals surface area contributed by atoms with Gasteiger partial charge in [-0.25, -0.2) is 0 Å². The number of amides is 2. The van der Waals surface area contributed by atoms with Crippen LogP contribution in [-0.4, -0.2) is 37.7 Å². The first-order valence-electron chi connectivity index (χ1n) is 5.94. The molecule has 2 rings (SSSR count). The molecule has 6 nitrogen and oxygen atoms in total. The summed E-state index contributed by atoms with van der Waals surface area (Å²) in [4.78, 5) is 24.1. The highest BCUT2D eigenvalue weighted by atomic mass is 16.5. The number of anilines is 1. The standard InChI is InChI=1S/C13H16N2O4/c1-13(11(16)14-7-8-18-2)12(17)15-9-5-3-4-6-10(9)19-13/h3-6H,7-8H2,1-2H3,(H,14,16)(H,15,17)/t13-/m0/s1. The van der Waals surface area contributed by atoms with Crippen LogP contribution in [-0.2, 0) is 14.3 Å². The lowest BCUT2D eigenvalue weighted by atomic mass is 10.0. The van der Waals surface area contributed by atoms with Gasteiger partial charge in [-0.1, -0.05) is 12.1 Å². The zero-order valence-corrected chi connectivity index (χ0v) is 10.9. The number of nitrogens with one attached hydrogen (secondary N) is 2. The van der Waals surface area contributed by atoms with Crippen molar-refractivity contribution in [2.24, 2.45) is 0 Å². The molecule has 1 heterocycles. The van der Waals surface area contributed by atoms with Gasteiger partial charge in [0.1, 0.15) is 5.75 Å². The van der Waals surface area contributed by atoms with Gasteiger partial charge in [0.15, 0.2) is 0 Å². The smallest absolute Gasteiger partial charge is 0.278 e. The third kappa shape index (κ3) is 2.53. The van der Waals surface area contributed by atoms with Gasteiger partial charge in [0.2, 0.25) is 0 Å². The van der Waals surface area contributed by atoms with Gasteiger partial charge in [0.05, 0.1) is 12.3 Å². The molecule has 102 valence electrons. The first-order chi connectivity index (χ1) is 9.08. The molecule has 0 radical (unpaired) electrons. The third-order valence-electron chi connectivity index (χ3n) is 2.91. The van der Waals surface area contributed by atoms with Gasteiger partial charge in [-0.15, -0.1) is 0 Å². The molecule has 1 atom stereocenters. The van der Waals surface area contributed by atoms with Crippen LogP contribution in [0.4, 0.5) is 5.69 Å². The Bertz CT molecular complexity index is 503. The lowest BCUT2D eigenvalue weighted by molar-refractivity contribution is -0.146. The van der Waals surface area contributed by atoms with Crippen LogP contribution in [0.15, 0.2) is 24.3 Å². The van der Waals surface area contributed by atoms with E-state index in [2.05, 4.69) is 10.6 Å². The molecule has 1 aromatic rings. The summed E-state index contributed by atoms with van der Waals surface area (Å²) in [6, 6.07) is 6.98. The van der Waals surface area contributed by atoms with E-state index in [0.29, 0.717) is 24.6 Å². The van der Waals surface area contributed by atoms with E-state index in [1.165, 1.54) is 14.0 Å². The Morgan fingerprint density at radius 3 is 2.95 bits per heavy atom. The second-order valence-corrected chi connectivity index (χ2v) is 4.33. The Balaban J connectivity index is 2.15. The fraction of sp³-hybridized carbons (Fsp3) is 0.385. The van der Waals surface area contributed by atoms with E-state index in [4.69, 9.17) is 9.47 Å². The first kappa shape index (κ1) is 13.4. The maximum atomic E-state index is 12.1. The highest BCUT2D eigenvalue weighted by Gasteiger charge is 2.46. The lowest BCUT2D eigenvalue weighted by Gasteiger charge is -2.33. The molecule has 0 aromatic heterocycles. The fourth-order valence-electron chi connectivity index (χ4n) is 1.75. The first-order valence-corrected chi connectivity index (χ1v) is 5.94. The average molecular weight is 264 g/mol. The second-order valence-electron chi connectivity index (χ2n) is 4.33. The molecule has 19 heavy (non-hydrogen) atoms. The predicted octanol–water partition coefficient (Wildman–Crippen LogP) is 0.539. The molecule has 0 aliphatic carbocycles. The van der Waals surface area contributed by atoms with Crippen molar-refractivity contribution in [2.45, 2.75) is 12.5 Å². The molecule has 6 heteroatoms. The Hall–Kier alpha value is -2.08. The minimum atomic E-state index is -1.57. The summed E-state index contributed by atoms with van der Waals surface area (Å²) in [5.74, 6) is -0.496. The second kappa shape index (κ2) is 5.27. The van der Waals surface area contributed by atoms with E-state index >= 15 is 0 Å². The fourth-order valence-corrected chi connectivity index (χ4v) is 1.75. The largest absolute Gasteiger partial charge is 0.466 e. The predicted molar refractivity (Wildman–Crippen MR) is 69.0 cm³/mol. The van der Waals surface area contributed by atoms with E-state index in [9.17, 15) is 9.59 Å². The summed E-state index contributed by atoms with van der Waals surface area (Å²) in [5, 5.41) is 5.27. The molecular formula is C13H16N2O4. The van der Waals surface area contributed by atoms with E-state index < -0.39 is 17.4 Å². The normalized spacial score (nSPS) is 21.1. The van der Waals surface area contributed by atoms with Gasteiger partial charge in [-0.05, 0) is 19.1 Å². The van der Waals surface area contributed by atoms with E-state index in [1.54, 1.807) is 24.3 Å². The van der Waals surface area contributed by atoms with Crippen molar-refractivity contribution in [1.29, 1.82) is 0 Å².